The Morgan fingerprint density at radius 1 is 1.73 bits per heavy atom. The first-order valence-corrected chi connectivity index (χ1v) is 5.91. The van der Waals surface area contributed by atoms with Crippen LogP contribution in [0.2, 0.25) is 5.15 Å². The van der Waals surface area contributed by atoms with Crippen LogP contribution in [-0.4, -0.2) is 15.7 Å². The first-order valence-electron chi connectivity index (χ1n) is 4.61. The Morgan fingerprint density at radius 2 is 2.40 bits per heavy atom. The van der Waals surface area contributed by atoms with Crippen molar-refractivity contribution in [3.63, 3.8) is 0 Å². The number of halogens is 2. The SMILES string of the molecule is CCC(Br)C(=O)Nc1cnc(Cl)c(C)c1. The van der Waals surface area contributed by atoms with Gasteiger partial charge in [0.05, 0.1) is 16.7 Å². The van der Waals surface area contributed by atoms with Gasteiger partial charge in [0.15, 0.2) is 0 Å². The van der Waals surface area contributed by atoms with Crippen molar-refractivity contribution in [2.75, 3.05) is 5.32 Å². The van der Waals surface area contributed by atoms with Gasteiger partial charge in [-0.25, -0.2) is 4.98 Å². The van der Waals surface area contributed by atoms with Crippen molar-refractivity contribution in [1.29, 1.82) is 0 Å². The third-order valence-corrected chi connectivity index (χ3v) is 3.38. The lowest BCUT2D eigenvalue weighted by molar-refractivity contribution is -0.115. The summed E-state index contributed by atoms with van der Waals surface area (Å²) in [5.41, 5.74) is 1.51. The summed E-state index contributed by atoms with van der Waals surface area (Å²) in [6.07, 6.45) is 2.29. The van der Waals surface area contributed by atoms with Crippen LogP contribution in [0.15, 0.2) is 12.3 Å². The largest absolute Gasteiger partial charge is 0.324 e. The fraction of sp³-hybridized carbons (Fsp3) is 0.400. The maximum absolute atomic E-state index is 11.5. The third-order valence-electron chi connectivity index (χ3n) is 1.92. The summed E-state index contributed by atoms with van der Waals surface area (Å²) >= 11 is 9.05. The second-order valence-electron chi connectivity index (χ2n) is 3.20. The van der Waals surface area contributed by atoms with Crippen molar-refractivity contribution < 1.29 is 4.79 Å². The van der Waals surface area contributed by atoms with Crippen molar-refractivity contribution in [3.8, 4) is 0 Å². The van der Waals surface area contributed by atoms with Gasteiger partial charge in [0.1, 0.15) is 5.15 Å². The molecule has 0 aliphatic rings. The normalized spacial score (nSPS) is 12.3. The number of alkyl halides is 1. The zero-order chi connectivity index (χ0) is 11.4. The van der Waals surface area contributed by atoms with E-state index in [-0.39, 0.29) is 10.7 Å². The van der Waals surface area contributed by atoms with Gasteiger partial charge in [-0.15, -0.1) is 0 Å². The Labute approximate surface area is 102 Å². The number of nitrogens with zero attached hydrogens (tertiary/aromatic N) is 1. The van der Waals surface area contributed by atoms with Crippen LogP contribution in [0, 0.1) is 6.92 Å². The quantitative estimate of drug-likeness (QED) is 0.686. The molecule has 1 N–H and O–H groups in total. The Hall–Kier alpha value is -0.610. The highest BCUT2D eigenvalue weighted by atomic mass is 79.9. The van der Waals surface area contributed by atoms with E-state index >= 15 is 0 Å². The minimum absolute atomic E-state index is 0.0685. The lowest BCUT2D eigenvalue weighted by Gasteiger charge is -2.09. The highest BCUT2D eigenvalue weighted by Gasteiger charge is 2.12. The average molecular weight is 292 g/mol. The van der Waals surface area contributed by atoms with Gasteiger partial charge in [-0.2, -0.15) is 0 Å². The van der Waals surface area contributed by atoms with Gasteiger partial charge < -0.3 is 5.32 Å². The van der Waals surface area contributed by atoms with Gasteiger partial charge in [-0.3, -0.25) is 4.79 Å². The van der Waals surface area contributed by atoms with Crippen LogP contribution in [0.3, 0.4) is 0 Å². The number of aromatic nitrogens is 1. The van der Waals surface area contributed by atoms with Gasteiger partial charge in [0.2, 0.25) is 5.91 Å². The van der Waals surface area contributed by atoms with E-state index in [0.29, 0.717) is 10.8 Å². The molecule has 0 bridgehead atoms. The lowest BCUT2D eigenvalue weighted by Crippen LogP contribution is -2.22. The Bertz CT molecular complexity index is 370. The Kier molecular flexibility index (Phi) is 4.54. The fourth-order valence-corrected chi connectivity index (χ4v) is 1.25. The average Bonchev–Trinajstić information content (AvgIpc) is 2.22. The number of carbonyl (C=O) groups is 1. The first-order chi connectivity index (χ1) is 7.04. The molecule has 0 radical (unpaired) electrons. The van der Waals surface area contributed by atoms with Gasteiger partial charge in [0, 0.05) is 0 Å². The minimum atomic E-state index is -0.173. The molecule has 82 valence electrons. The summed E-state index contributed by atoms with van der Waals surface area (Å²) in [7, 11) is 0. The van der Waals surface area contributed by atoms with Gasteiger partial charge in [0.25, 0.3) is 0 Å². The van der Waals surface area contributed by atoms with Crippen LogP contribution >= 0.6 is 27.5 Å². The molecule has 0 aliphatic heterocycles. The van der Waals surface area contributed by atoms with Crippen LogP contribution in [0.5, 0.6) is 0 Å². The molecule has 3 nitrogen and oxygen atoms in total. The van der Waals surface area contributed by atoms with Crippen molar-refractivity contribution in [2.24, 2.45) is 0 Å². The lowest BCUT2D eigenvalue weighted by atomic mass is 10.2. The van der Waals surface area contributed by atoms with E-state index < -0.39 is 0 Å². The van der Waals surface area contributed by atoms with Crippen LogP contribution < -0.4 is 5.32 Å². The highest BCUT2D eigenvalue weighted by molar-refractivity contribution is 9.10. The maximum Gasteiger partial charge on any atom is 0.238 e. The topological polar surface area (TPSA) is 42.0 Å². The maximum atomic E-state index is 11.5. The molecule has 0 fully saturated rings. The molecule has 1 aromatic heterocycles. The van der Waals surface area contributed by atoms with E-state index in [0.717, 1.165) is 12.0 Å². The molecule has 0 saturated heterocycles. The van der Waals surface area contributed by atoms with Gasteiger partial charge in [-0.05, 0) is 25.0 Å². The number of carbonyl (C=O) groups excluding carboxylic acids is 1. The van der Waals surface area contributed by atoms with Crippen molar-refractivity contribution >= 4 is 39.1 Å². The van der Waals surface area contributed by atoms with Crippen molar-refractivity contribution in [3.05, 3.63) is 23.0 Å². The molecule has 0 spiro atoms. The number of hydrogen-bond donors (Lipinski definition) is 1. The van der Waals surface area contributed by atoms with Crippen LogP contribution in [0.1, 0.15) is 18.9 Å². The number of pyridine rings is 1. The molecule has 15 heavy (non-hydrogen) atoms. The van der Waals surface area contributed by atoms with Crippen LogP contribution in [0.4, 0.5) is 5.69 Å². The summed E-state index contributed by atoms with van der Waals surface area (Å²) in [5, 5.41) is 3.21. The van der Waals surface area contributed by atoms with E-state index in [1.807, 2.05) is 13.8 Å². The molecule has 0 aromatic carbocycles. The zero-order valence-corrected chi connectivity index (χ0v) is 10.9. The minimum Gasteiger partial charge on any atom is -0.324 e. The monoisotopic (exact) mass is 290 g/mol. The van der Waals surface area contributed by atoms with E-state index in [4.69, 9.17) is 11.6 Å². The fourth-order valence-electron chi connectivity index (χ4n) is 1.03. The van der Waals surface area contributed by atoms with Crippen LogP contribution in [0.25, 0.3) is 0 Å². The molecular weight excluding hydrogens is 279 g/mol. The standard InChI is InChI=1S/C10H12BrClN2O/c1-3-8(11)10(15)14-7-4-6(2)9(12)13-5-7/h4-5,8H,3H2,1-2H3,(H,14,15). The van der Waals surface area contributed by atoms with Gasteiger partial charge >= 0.3 is 0 Å². The van der Waals surface area contributed by atoms with Crippen molar-refractivity contribution in [2.45, 2.75) is 25.1 Å². The summed E-state index contributed by atoms with van der Waals surface area (Å²) in [5.74, 6) is -0.0685. The second kappa shape index (κ2) is 5.47. The molecule has 0 aliphatic carbocycles. The van der Waals surface area contributed by atoms with Crippen LogP contribution in [-0.2, 0) is 4.79 Å². The molecular formula is C10H12BrClN2O. The summed E-state index contributed by atoms with van der Waals surface area (Å²) < 4.78 is 0. The Balaban J connectivity index is 2.73. The smallest absolute Gasteiger partial charge is 0.238 e. The number of hydrogen-bond acceptors (Lipinski definition) is 2. The highest BCUT2D eigenvalue weighted by Crippen LogP contribution is 2.17. The predicted molar refractivity (Wildman–Crippen MR) is 65.6 cm³/mol. The molecule has 5 heteroatoms. The third kappa shape index (κ3) is 3.47. The van der Waals surface area contributed by atoms with E-state index in [2.05, 4.69) is 26.2 Å². The zero-order valence-electron chi connectivity index (χ0n) is 8.55. The molecule has 1 unspecified atom stereocenters. The summed E-state index contributed by atoms with van der Waals surface area (Å²) in [6.45, 7) is 3.78. The molecule has 1 rings (SSSR count). The van der Waals surface area contributed by atoms with E-state index in [1.54, 1.807) is 12.3 Å². The summed E-state index contributed by atoms with van der Waals surface area (Å²) in [6, 6.07) is 1.79. The van der Waals surface area contributed by atoms with Crippen molar-refractivity contribution in [1.82, 2.24) is 4.98 Å². The Morgan fingerprint density at radius 3 is 2.93 bits per heavy atom. The first kappa shape index (κ1) is 12.5. The van der Waals surface area contributed by atoms with Gasteiger partial charge in [-0.1, -0.05) is 34.5 Å². The number of amides is 1. The molecule has 1 aromatic rings. The predicted octanol–water partition coefficient (Wildman–Crippen LogP) is 3.16. The molecule has 1 heterocycles. The second-order valence-corrected chi connectivity index (χ2v) is 4.66. The number of anilines is 1. The molecule has 1 atom stereocenters. The van der Waals surface area contributed by atoms with E-state index in [9.17, 15) is 4.79 Å². The number of rotatable bonds is 3. The molecule has 0 saturated carbocycles. The number of aryl methyl sites for hydroxylation is 1. The van der Waals surface area contributed by atoms with E-state index in [1.165, 1.54) is 0 Å². The molecule has 1 amide bonds. The number of nitrogens with one attached hydrogen (secondary N) is 1. The summed E-state index contributed by atoms with van der Waals surface area (Å²) in [4.78, 5) is 15.3.